The number of carbonyl (C=O) groups excluding carboxylic acids is 1. The molecular formula is C26H44O4. The maximum Gasteiger partial charge on any atom is 0.305 e. The van der Waals surface area contributed by atoms with Crippen molar-refractivity contribution in [3.63, 3.8) is 0 Å². The lowest BCUT2D eigenvalue weighted by atomic mass is 9.43. The number of aliphatic hydroxyl groups excluding tert-OH is 1. The number of methoxy groups -OCH3 is 2. The highest BCUT2D eigenvalue weighted by molar-refractivity contribution is 5.69. The molecule has 4 heteroatoms. The lowest BCUT2D eigenvalue weighted by Crippen LogP contribution is -2.58. The average molecular weight is 421 g/mol. The molecule has 10 atom stereocenters. The molecule has 4 saturated carbocycles. The summed E-state index contributed by atoms with van der Waals surface area (Å²) in [4.78, 5) is 11.7. The van der Waals surface area contributed by atoms with Gasteiger partial charge in [-0.05, 0) is 104 Å². The highest BCUT2D eigenvalue weighted by Crippen LogP contribution is 2.68. The molecule has 0 heterocycles. The Hall–Kier alpha value is -0.610. The predicted molar refractivity (Wildman–Crippen MR) is 118 cm³/mol. The second-order valence-electron chi connectivity index (χ2n) is 11.7. The lowest BCUT2D eigenvalue weighted by molar-refractivity contribution is -0.176. The van der Waals surface area contributed by atoms with Crippen molar-refractivity contribution in [3.05, 3.63) is 0 Å². The van der Waals surface area contributed by atoms with Gasteiger partial charge in [-0.2, -0.15) is 0 Å². The van der Waals surface area contributed by atoms with E-state index >= 15 is 0 Å². The zero-order valence-corrected chi connectivity index (χ0v) is 19.9. The molecule has 0 aromatic carbocycles. The largest absolute Gasteiger partial charge is 0.469 e. The first kappa shape index (κ1) is 22.6. The summed E-state index contributed by atoms with van der Waals surface area (Å²) < 4.78 is 10.6. The van der Waals surface area contributed by atoms with Crippen LogP contribution < -0.4 is 0 Å². The molecule has 0 radical (unpaired) electrons. The first-order valence-electron chi connectivity index (χ1n) is 12.5. The minimum atomic E-state index is -0.155. The molecule has 4 rings (SSSR count). The molecule has 4 nitrogen and oxygen atoms in total. The Kier molecular flexibility index (Phi) is 6.31. The van der Waals surface area contributed by atoms with Gasteiger partial charge in [0.2, 0.25) is 0 Å². The van der Waals surface area contributed by atoms with Gasteiger partial charge in [-0.15, -0.1) is 0 Å². The van der Waals surface area contributed by atoms with Crippen LogP contribution in [-0.4, -0.2) is 37.5 Å². The Morgan fingerprint density at radius 3 is 2.43 bits per heavy atom. The summed E-state index contributed by atoms with van der Waals surface area (Å²) in [7, 11) is 3.33. The van der Waals surface area contributed by atoms with Crippen LogP contribution in [0.4, 0.5) is 0 Å². The third-order valence-corrected chi connectivity index (χ3v) is 10.8. The molecule has 3 unspecified atom stereocenters. The number of carbonyl (C=O) groups is 1. The molecule has 0 aliphatic heterocycles. The molecule has 0 saturated heterocycles. The van der Waals surface area contributed by atoms with E-state index in [-0.39, 0.29) is 12.1 Å². The highest BCUT2D eigenvalue weighted by atomic mass is 16.5. The van der Waals surface area contributed by atoms with Crippen LogP contribution >= 0.6 is 0 Å². The van der Waals surface area contributed by atoms with E-state index in [1.54, 1.807) is 0 Å². The number of rotatable bonds is 5. The lowest BCUT2D eigenvalue weighted by Gasteiger charge is -2.62. The van der Waals surface area contributed by atoms with E-state index in [2.05, 4.69) is 20.8 Å². The van der Waals surface area contributed by atoms with Crippen molar-refractivity contribution in [1.82, 2.24) is 0 Å². The predicted octanol–water partition coefficient (Wildman–Crippen LogP) is 5.22. The third-order valence-electron chi connectivity index (χ3n) is 10.8. The minimum Gasteiger partial charge on any atom is -0.469 e. The molecule has 0 spiro atoms. The summed E-state index contributed by atoms with van der Waals surface area (Å²) in [5.41, 5.74) is 0.680. The van der Waals surface area contributed by atoms with Crippen LogP contribution in [-0.2, 0) is 14.3 Å². The monoisotopic (exact) mass is 420 g/mol. The number of esters is 1. The molecule has 0 amide bonds. The Balaban J connectivity index is 1.52. The van der Waals surface area contributed by atoms with Crippen molar-refractivity contribution >= 4 is 5.97 Å². The number of ether oxygens (including phenoxy) is 2. The van der Waals surface area contributed by atoms with Gasteiger partial charge < -0.3 is 14.6 Å². The van der Waals surface area contributed by atoms with Crippen LogP contribution in [0.5, 0.6) is 0 Å². The summed E-state index contributed by atoms with van der Waals surface area (Å²) in [6.07, 6.45) is 11.3. The van der Waals surface area contributed by atoms with Gasteiger partial charge in [0.15, 0.2) is 0 Å². The van der Waals surface area contributed by atoms with Crippen LogP contribution in [0.2, 0.25) is 0 Å². The van der Waals surface area contributed by atoms with E-state index in [1.807, 2.05) is 7.11 Å². The zero-order valence-electron chi connectivity index (χ0n) is 19.9. The van der Waals surface area contributed by atoms with Crippen molar-refractivity contribution in [2.24, 2.45) is 46.3 Å². The van der Waals surface area contributed by atoms with Gasteiger partial charge in [0.1, 0.15) is 0 Å². The van der Waals surface area contributed by atoms with Crippen molar-refractivity contribution in [2.75, 3.05) is 14.2 Å². The number of hydrogen-bond acceptors (Lipinski definition) is 4. The SMILES string of the molecule is COC(=O)CCC(C)C1CC[C@H]2[C@H]3C(CC[C@]12C)[C@@]1(C)CC[C@H](OC)C[C@H]1C[C@H]3O. The van der Waals surface area contributed by atoms with Crippen LogP contribution in [0.25, 0.3) is 0 Å². The van der Waals surface area contributed by atoms with Gasteiger partial charge in [0.05, 0.1) is 19.3 Å². The Morgan fingerprint density at radius 2 is 1.73 bits per heavy atom. The zero-order chi connectivity index (χ0) is 21.7. The number of hydrogen-bond donors (Lipinski definition) is 1. The van der Waals surface area contributed by atoms with Gasteiger partial charge >= 0.3 is 5.97 Å². The molecule has 4 aliphatic rings. The standard InChI is InChI=1S/C26H44O4/c1-16(6-9-23(28)30-5)19-7-8-20-24-21(11-13-26(19,20)3)25(2)12-10-18(29-4)14-17(25)15-22(24)27/h16-22,24,27H,6-15H2,1-5H3/t16?,17-,18-,19?,20-,21?,22+,24-,25-,26+/m0/s1. The van der Waals surface area contributed by atoms with Crippen molar-refractivity contribution in [2.45, 2.75) is 97.2 Å². The normalized spacial score (nSPS) is 48.9. The van der Waals surface area contributed by atoms with Crippen molar-refractivity contribution in [1.29, 1.82) is 0 Å². The number of aliphatic hydroxyl groups is 1. The maximum atomic E-state index is 11.7. The molecule has 172 valence electrons. The summed E-state index contributed by atoms with van der Waals surface area (Å²) in [5.74, 6) is 3.47. The molecule has 0 bridgehead atoms. The fourth-order valence-corrected chi connectivity index (χ4v) is 9.02. The smallest absolute Gasteiger partial charge is 0.305 e. The molecule has 30 heavy (non-hydrogen) atoms. The molecule has 4 fully saturated rings. The van der Waals surface area contributed by atoms with E-state index < -0.39 is 0 Å². The fourth-order valence-electron chi connectivity index (χ4n) is 9.02. The quantitative estimate of drug-likeness (QED) is 0.620. The maximum absolute atomic E-state index is 11.7. The molecule has 4 aliphatic carbocycles. The van der Waals surface area contributed by atoms with Crippen LogP contribution in [0.15, 0.2) is 0 Å². The molecular weight excluding hydrogens is 376 g/mol. The van der Waals surface area contributed by atoms with Crippen LogP contribution in [0.1, 0.15) is 85.0 Å². The van der Waals surface area contributed by atoms with Crippen LogP contribution in [0, 0.1) is 46.3 Å². The minimum absolute atomic E-state index is 0.0846. The van der Waals surface area contributed by atoms with Crippen molar-refractivity contribution < 1.29 is 19.4 Å². The summed E-state index contributed by atoms with van der Waals surface area (Å²) in [5, 5.41) is 11.4. The van der Waals surface area contributed by atoms with E-state index in [1.165, 1.54) is 45.6 Å². The van der Waals surface area contributed by atoms with E-state index in [0.717, 1.165) is 19.3 Å². The van der Waals surface area contributed by atoms with Gasteiger partial charge in [-0.25, -0.2) is 0 Å². The van der Waals surface area contributed by atoms with Crippen LogP contribution in [0.3, 0.4) is 0 Å². The van der Waals surface area contributed by atoms with E-state index in [4.69, 9.17) is 9.47 Å². The second kappa shape index (κ2) is 8.39. The first-order valence-corrected chi connectivity index (χ1v) is 12.5. The summed E-state index contributed by atoms with van der Waals surface area (Å²) in [6, 6.07) is 0. The average Bonchev–Trinajstić information content (AvgIpc) is 3.09. The highest BCUT2D eigenvalue weighted by Gasteiger charge is 2.62. The van der Waals surface area contributed by atoms with Gasteiger partial charge in [-0.1, -0.05) is 20.8 Å². The van der Waals surface area contributed by atoms with Gasteiger partial charge in [0, 0.05) is 13.5 Å². The number of fused-ring (bicyclic) bond motifs is 5. The topological polar surface area (TPSA) is 55.8 Å². The van der Waals surface area contributed by atoms with E-state index in [9.17, 15) is 9.90 Å². The first-order chi connectivity index (χ1) is 14.2. The van der Waals surface area contributed by atoms with E-state index in [0.29, 0.717) is 58.9 Å². The third kappa shape index (κ3) is 3.54. The fraction of sp³-hybridized carbons (Fsp3) is 0.962. The Morgan fingerprint density at radius 1 is 1.03 bits per heavy atom. The summed E-state index contributed by atoms with van der Waals surface area (Å²) >= 11 is 0. The molecule has 1 N–H and O–H groups in total. The molecule has 0 aromatic heterocycles. The van der Waals surface area contributed by atoms with Gasteiger partial charge in [-0.3, -0.25) is 4.79 Å². The second-order valence-corrected chi connectivity index (χ2v) is 11.7. The Labute approximate surface area is 183 Å². The summed E-state index contributed by atoms with van der Waals surface area (Å²) in [6.45, 7) is 7.40. The van der Waals surface area contributed by atoms with Gasteiger partial charge in [0.25, 0.3) is 0 Å². The Bertz CT molecular complexity index is 635. The van der Waals surface area contributed by atoms with Crippen molar-refractivity contribution in [3.8, 4) is 0 Å². The molecule has 0 aromatic rings.